The maximum atomic E-state index is 10.6. The number of thiophene rings is 1. The van der Waals surface area contributed by atoms with Gasteiger partial charge in [0.15, 0.2) is 0 Å². The molecule has 0 atom stereocenters. The number of pyridine rings is 1. The first-order valence-electron chi connectivity index (χ1n) is 8.12. The van der Waals surface area contributed by atoms with Crippen LogP contribution in [0.1, 0.15) is 17.7 Å². The Kier molecular flexibility index (Phi) is 5.50. The number of benzene rings is 1. The van der Waals surface area contributed by atoms with E-state index in [1.165, 1.54) is 0 Å². The molecular formula is C19H19N2O3S-. The number of nitrogens with one attached hydrogen (secondary N) is 1. The van der Waals surface area contributed by atoms with Crippen LogP contribution in [0.4, 0.5) is 5.82 Å². The molecule has 3 rings (SSSR count). The monoisotopic (exact) mass is 355 g/mol. The minimum atomic E-state index is -1.02. The number of hydrogen-bond donors (Lipinski definition) is 1. The minimum Gasteiger partial charge on any atom is -0.550 e. The molecule has 6 heteroatoms. The summed E-state index contributed by atoms with van der Waals surface area (Å²) >= 11 is 1.60. The van der Waals surface area contributed by atoms with Gasteiger partial charge < -0.3 is 20.0 Å². The summed E-state index contributed by atoms with van der Waals surface area (Å²) in [6.07, 6.45) is 1.27. The van der Waals surface area contributed by atoms with Gasteiger partial charge in [-0.15, -0.1) is 11.3 Å². The first-order chi connectivity index (χ1) is 12.2. The summed E-state index contributed by atoms with van der Waals surface area (Å²) in [7, 11) is 1.85. The lowest BCUT2D eigenvalue weighted by Crippen LogP contribution is -2.22. The van der Waals surface area contributed by atoms with E-state index in [4.69, 9.17) is 4.74 Å². The number of aryl methyl sites for hydroxylation is 1. The fourth-order valence-electron chi connectivity index (χ4n) is 2.62. The number of rotatable bonds is 8. The largest absolute Gasteiger partial charge is 0.550 e. The molecule has 0 fully saturated rings. The van der Waals surface area contributed by atoms with Crippen molar-refractivity contribution in [1.82, 2.24) is 4.98 Å². The third kappa shape index (κ3) is 4.48. The maximum absolute atomic E-state index is 10.6. The second kappa shape index (κ2) is 7.98. The Morgan fingerprint density at radius 3 is 2.96 bits per heavy atom. The van der Waals surface area contributed by atoms with E-state index < -0.39 is 5.97 Å². The number of aliphatic carboxylic acids is 1. The fraction of sp³-hybridized carbons (Fsp3) is 0.263. The predicted molar refractivity (Wildman–Crippen MR) is 98.1 cm³/mol. The van der Waals surface area contributed by atoms with Crippen LogP contribution in [-0.2, 0) is 17.6 Å². The average Bonchev–Trinajstić information content (AvgIpc) is 3.02. The van der Waals surface area contributed by atoms with Gasteiger partial charge in [-0.2, -0.15) is 0 Å². The van der Waals surface area contributed by atoms with Gasteiger partial charge in [-0.1, -0.05) is 6.07 Å². The van der Waals surface area contributed by atoms with Crippen LogP contribution in [-0.4, -0.2) is 24.6 Å². The Balaban J connectivity index is 1.61. The van der Waals surface area contributed by atoms with Crippen molar-refractivity contribution in [2.45, 2.75) is 19.3 Å². The van der Waals surface area contributed by atoms with Crippen LogP contribution in [0.3, 0.4) is 0 Å². The normalized spacial score (nSPS) is 10.8. The molecule has 1 N–H and O–H groups in total. The highest BCUT2D eigenvalue weighted by atomic mass is 32.1. The van der Waals surface area contributed by atoms with Gasteiger partial charge in [0.1, 0.15) is 11.6 Å². The van der Waals surface area contributed by atoms with Gasteiger partial charge in [-0.25, -0.2) is 4.98 Å². The number of carboxylic acids is 1. The van der Waals surface area contributed by atoms with Gasteiger partial charge in [0.2, 0.25) is 0 Å². The average molecular weight is 355 g/mol. The number of carbonyl (C=O) groups excluding carboxylic acids is 1. The summed E-state index contributed by atoms with van der Waals surface area (Å²) in [5.41, 5.74) is 2.03. The molecule has 2 aromatic heterocycles. The van der Waals surface area contributed by atoms with Crippen LogP contribution in [0.15, 0.2) is 41.8 Å². The van der Waals surface area contributed by atoms with Crippen LogP contribution in [0, 0.1) is 0 Å². The van der Waals surface area contributed by atoms with E-state index in [2.05, 4.69) is 10.3 Å². The lowest BCUT2D eigenvalue weighted by atomic mass is 10.1. The Hall–Kier alpha value is -2.60. The van der Waals surface area contributed by atoms with E-state index in [1.807, 2.05) is 48.8 Å². The number of fused-ring (bicyclic) bond motifs is 1. The summed E-state index contributed by atoms with van der Waals surface area (Å²) in [5, 5.41) is 16.7. The van der Waals surface area contributed by atoms with Crippen LogP contribution in [0.5, 0.6) is 5.75 Å². The van der Waals surface area contributed by atoms with Crippen molar-refractivity contribution in [2.24, 2.45) is 0 Å². The van der Waals surface area contributed by atoms with E-state index >= 15 is 0 Å². The minimum absolute atomic E-state index is 0.0444. The summed E-state index contributed by atoms with van der Waals surface area (Å²) in [6.45, 7) is 0.550. The van der Waals surface area contributed by atoms with Gasteiger partial charge in [0.05, 0.1) is 6.61 Å². The summed E-state index contributed by atoms with van der Waals surface area (Å²) in [5.74, 6) is 0.641. The fourth-order valence-corrected chi connectivity index (χ4v) is 3.64. The Bertz CT molecular complexity index is 876. The molecule has 25 heavy (non-hydrogen) atoms. The predicted octanol–water partition coefficient (Wildman–Crippen LogP) is 2.64. The smallest absolute Gasteiger partial charge is 0.125 e. The Labute approximate surface area is 150 Å². The highest BCUT2D eigenvalue weighted by Crippen LogP contribution is 2.30. The maximum Gasteiger partial charge on any atom is 0.125 e. The van der Waals surface area contributed by atoms with Crippen molar-refractivity contribution in [3.05, 3.63) is 53.0 Å². The molecule has 3 aromatic rings. The third-order valence-corrected chi connectivity index (χ3v) is 4.91. The van der Waals surface area contributed by atoms with Gasteiger partial charge in [0, 0.05) is 29.8 Å². The van der Waals surface area contributed by atoms with E-state index in [0.29, 0.717) is 13.0 Å². The summed E-state index contributed by atoms with van der Waals surface area (Å²) < 4.78 is 6.94. The van der Waals surface area contributed by atoms with E-state index in [1.54, 1.807) is 11.3 Å². The summed E-state index contributed by atoms with van der Waals surface area (Å²) in [6, 6.07) is 11.8. The van der Waals surface area contributed by atoms with Crippen molar-refractivity contribution >= 4 is 33.2 Å². The van der Waals surface area contributed by atoms with Crippen molar-refractivity contribution in [2.75, 3.05) is 19.0 Å². The molecule has 0 bridgehead atoms. The zero-order valence-corrected chi connectivity index (χ0v) is 14.8. The van der Waals surface area contributed by atoms with Crippen LogP contribution >= 0.6 is 11.3 Å². The van der Waals surface area contributed by atoms with Gasteiger partial charge in [0.25, 0.3) is 0 Å². The molecule has 0 aliphatic rings. The lowest BCUT2D eigenvalue weighted by Gasteiger charge is -2.07. The van der Waals surface area contributed by atoms with Crippen LogP contribution < -0.4 is 15.2 Å². The quantitative estimate of drug-likeness (QED) is 0.672. The topological polar surface area (TPSA) is 74.3 Å². The zero-order valence-electron chi connectivity index (χ0n) is 14.0. The van der Waals surface area contributed by atoms with Gasteiger partial charge in [-0.05, 0) is 59.5 Å². The number of hydrogen-bond acceptors (Lipinski definition) is 6. The van der Waals surface area contributed by atoms with Crippen LogP contribution in [0.2, 0.25) is 0 Å². The molecule has 1 aromatic carbocycles. The van der Waals surface area contributed by atoms with Crippen LogP contribution in [0.25, 0.3) is 10.1 Å². The number of carbonyl (C=O) groups is 1. The van der Waals surface area contributed by atoms with Crippen molar-refractivity contribution in [1.29, 1.82) is 0 Å². The number of ether oxygens (including phenoxy) is 1. The molecular weight excluding hydrogens is 336 g/mol. The van der Waals surface area contributed by atoms with E-state index in [9.17, 15) is 9.90 Å². The second-order valence-electron chi connectivity index (χ2n) is 5.65. The third-order valence-electron chi connectivity index (χ3n) is 3.92. The highest BCUT2D eigenvalue weighted by molar-refractivity contribution is 7.17. The number of carboxylic acid groups (broad SMARTS) is 1. The molecule has 130 valence electrons. The van der Waals surface area contributed by atoms with Crippen molar-refractivity contribution < 1.29 is 14.6 Å². The lowest BCUT2D eigenvalue weighted by molar-refractivity contribution is -0.305. The molecule has 0 aliphatic carbocycles. The Morgan fingerprint density at radius 1 is 1.28 bits per heavy atom. The molecule has 0 saturated carbocycles. The van der Waals surface area contributed by atoms with E-state index in [0.717, 1.165) is 39.3 Å². The molecule has 0 unspecified atom stereocenters. The molecule has 0 amide bonds. The highest BCUT2D eigenvalue weighted by Gasteiger charge is 2.06. The Morgan fingerprint density at radius 2 is 2.16 bits per heavy atom. The van der Waals surface area contributed by atoms with Gasteiger partial charge in [-0.3, -0.25) is 0 Å². The number of nitrogens with zero attached hydrogens (tertiary/aromatic N) is 1. The van der Waals surface area contributed by atoms with E-state index in [-0.39, 0.29) is 6.42 Å². The SMILES string of the molecule is CNc1cccc(CCOc2ccc3c(CCC(=O)[O-])csc3c2)n1. The zero-order chi connectivity index (χ0) is 17.6. The first kappa shape index (κ1) is 17.2. The molecule has 5 nitrogen and oxygen atoms in total. The second-order valence-corrected chi connectivity index (χ2v) is 6.56. The number of aromatic nitrogens is 1. The molecule has 2 heterocycles. The molecule has 0 saturated heterocycles. The molecule has 0 radical (unpaired) electrons. The first-order valence-corrected chi connectivity index (χ1v) is 9.00. The summed E-state index contributed by atoms with van der Waals surface area (Å²) in [4.78, 5) is 15.1. The number of anilines is 1. The van der Waals surface area contributed by atoms with Crippen molar-refractivity contribution in [3.63, 3.8) is 0 Å². The standard InChI is InChI=1S/C19H20N2O3S/c1-20-18-4-2-3-14(21-18)9-10-24-15-6-7-16-13(5-8-19(22)23)12-25-17(16)11-15/h2-4,6-7,11-12H,5,8-10H2,1H3,(H,20,21)(H,22,23)/p-1. The molecule has 0 spiro atoms. The van der Waals surface area contributed by atoms with Crippen molar-refractivity contribution in [3.8, 4) is 5.75 Å². The molecule has 0 aliphatic heterocycles. The van der Waals surface area contributed by atoms with Gasteiger partial charge >= 0.3 is 0 Å².